The minimum atomic E-state index is -5.13. The Labute approximate surface area is 123 Å². The average Bonchev–Trinajstić information content (AvgIpc) is 2.29. The molecule has 1 N–H and O–H groups in total. The largest absolute Gasteiger partial charge is 0.573 e. The summed E-state index contributed by atoms with van der Waals surface area (Å²) in [6, 6.07) is 2.59. The first-order valence-corrected chi connectivity index (χ1v) is 6.25. The van der Waals surface area contributed by atoms with Crippen molar-refractivity contribution in [3.8, 4) is 11.5 Å². The Kier molecular flexibility index (Phi) is 5.55. The molecule has 0 bridgehead atoms. The van der Waals surface area contributed by atoms with E-state index in [-0.39, 0.29) is 12.0 Å². The van der Waals surface area contributed by atoms with Gasteiger partial charge in [0.15, 0.2) is 11.5 Å². The second kappa shape index (κ2) is 6.64. The van der Waals surface area contributed by atoms with Gasteiger partial charge in [-0.15, -0.1) is 26.3 Å². The molecule has 1 aromatic carbocycles. The Hall–Kier alpha value is -1.64. The summed E-state index contributed by atoms with van der Waals surface area (Å²) < 4.78 is 81.0. The SMILES string of the molecule is CNC(c1ccc(OC(F)(F)F)c(OC(F)(F)F)c1)C(C)C. The zero-order chi connectivity index (χ0) is 17.1. The van der Waals surface area contributed by atoms with Crippen LogP contribution in [0.5, 0.6) is 11.5 Å². The second-order valence-electron chi connectivity index (χ2n) is 4.81. The molecule has 1 unspecified atom stereocenters. The van der Waals surface area contributed by atoms with Crippen LogP contribution in [0.1, 0.15) is 25.5 Å². The fourth-order valence-corrected chi connectivity index (χ4v) is 2.02. The minimum absolute atomic E-state index is 0.00174. The fraction of sp³-hybridized carbons (Fsp3) is 0.538. The molecule has 0 aromatic heterocycles. The molecule has 0 aliphatic carbocycles. The lowest BCUT2D eigenvalue weighted by Gasteiger charge is -2.22. The van der Waals surface area contributed by atoms with Crippen LogP contribution in [0, 0.1) is 5.92 Å². The van der Waals surface area contributed by atoms with Gasteiger partial charge in [-0.2, -0.15) is 0 Å². The monoisotopic (exact) mass is 331 g/mol. The van der Waals surface area contributed by atoms with Gasteiger partial charge in [0.1, 0.15) is 0 Å². The van der Waals surface area contributed by atoms with Crippen molar-refractivity contribution >= 4 is 0 Å². The molecular formula is C13H15F6NO2. The lowest BCUT2D eigenvalue weighted by atomic mass is 9.96. The molecule has 0 radical (unpaired) electrons. The fourth-order valence-electron chi connectivity index (χ4n) is 2.02. The van der Waals surface area contributed by atoms with Crippen molar-refractivity contribution in [3.63, 3.8) is 0 Å². The molecule has 0 aliphatic rings. The summed E-state index contributed by atoms with van der Waals surface area (Å²) in [5.41, 5.74) is 0.353. The third-order valence-electron chi connectivity index (χ3n) is 2.76. The smallest absolute Gasteiger partial charge is 0.402 e. The maximum atomic E-state index is 12.4. The topological polar surface area (TPSA) is 30.5 Å². The summed E-state index contributed by atoms with van der Waals surface area (Å²) in [6.07, 6.45) is -10.2. The van der Waals surface area contributed by atoms with Crippen LogP contribution in [0.2, 0.25) is 0 Å². The van der Waals surface area contributed by atoms with Gasteiger partial charge in [-0.1, -0.05) is 19.9 Å². The molecule has 1 rings (SSSR count). The predicted molar refractivity (Wildman–Crippen MR) is 66.4 cm³/mol. The van der Waals surface area contributed by atoms with E-state index < -0.39 is 24.2 Å². The molecule has 22 heavy (non-hydrogen) atoms. The number of alkyl halides is 6. The van der Waals surface area contributed by atoms with E-state index in [4.69, 9.17) is 0 Å². The van der Waals surface area contributed by atoms with Crippen LogP contribution in [0.15, 0.2) is 18.2 Å². The van der Waals surface area contributed by atoms with E-state index >= 15 is 0 Å². The number of hydrogen-bond acceptors (Lipinski definition) is 3. The van der Waals surface area contributed by atoms with Crippen molar-refractivity contribution in [2.45, 2.75) is 32.6 Å². The van der Waals surface area contributed by atoms with Crippen molar-refractivity contribution in [2.75, 3.05) is 7.05 Å². The van der Waals surface area contributed by atoms with Crippen LogP contribution in [0.25, 0.3) is 0 Å². The van der Waals surface area contributed by atoms with E-state index in [1.807, 2.05) is 13.8 Å². The van der Waals surface area contributed by atoms with Gasteiger partial charge in [0.2, 0.25) is 0 Å². The van der Waals surface area contributed by atoms with Gasteiger partial charge in [-0.25, -0.2) is 0 Å². The molecular weight excluding hydrogens is 316 g/mol. The summed E-state index contributed by atoms with van der Waals surface area (Å²) >= 11 is 0. The number of benzene rings is 1. The van der Waals surface area contributed by atoms with E-state index in [0.29, 0.717) is 5.56 Å². The molecule has 126 valence electrons. The zero-order valence-electron chi connectivity index (χ0n) is 12.0. The molecule has 1 atom stereocenters. The van der Waals surface area contributed by atoms with Gasteiger partial charge in [0.25, 0.3) is 0 Å². The second-order valence-corrected chi connectivity index (χ2v) is 4.81. The first-order valence-electron chi connectivity index (χ1n) is 6.25. The van der Waals surface area contributed by atoms with E-state index in [2.05, 4.69) is 14.8 Å². The molecule has 0 saturated heterocycles. The van der Waals surface area contributed by atoms with E-state index in [0.717, 1.165) is 12.1 Å². The number of halogens is 6. The Balaban J connectivity index is 3.24. The first kappa shape index (κ1) is 18.4. The summed E-state index contributed by atoms with van der Waals surface area (Å²) in [7, 11) is 1.59. The van der Waals surface area contributed by atoms with Gasteiger partial charge >= 0.3 is 12.7 Å². The summed E-state index contributed by atoms with van der Waals surface area (Å²) in [5.74, 6) is -2.09. The molecule has 0 aliphatic heterocycles. The number of rotatable bonds is 5. The van der Waals surface area contributed by atoms with Gasteiger partial charge < -0.3 is 14.8 Å². The van der Waals surface area contributed by atoms with Crippen molar-refractivity contribution in [1.82, 2.24) is 5.32 Å². The highest BCUT2D eigenvalue weighted by molar-refractivity contribution is 5.44. The zero-order valence-corrected chi connectivity index (χ0v) is 12.0. The number of hydrogen-bond donors (Lipinski definition) is 1. The van der Waals surface area contributed by atoms with Gasteiger partial charge in [0.05, 0.1) is 0 Å². The highest BCUT2D eigenvalue weighted by atomic mass is 19.4. The molecule has 0 fully saturated rings. The van der Waals surface area contributed by atoms with Crippen LogP contribution in [0.3, 0.4) is 0 Å². The quantitative estimate of drug-likeness (QED) is 0.811. The molecule has 0 saturated carbocycles. The molecule has 3 nitrogen and oxygen atoms in total. The summed E-state index contributed by atoms with van der Waals surface area (Å²) in [5, 5.41) is 2.88. The van der Waals surface area contributed by atoms with Crippen LogP contribution < -0.4 is 14.8 Å². The normalized spacial score (nSPS) is 14.1. The third-order valence-corrected chi connectivity index (χ3v) is 2.76. The molecule has 9 heteroatoms. The first-order chi connectivity index (χ1) is 9.93. The van der Waals surface area contributed by atoms with Crippen molar-refractivity contribution in [3.05, 3.63) is 23.8 Å². The molecule has 0 heterocycles. The Morgan fingerprint density at radius 1 is 0.909 bits per heavy atom. The molecule has 0 spiro atoms. The van der Waals surface area contributed by atoms with E-state index in [1.165, 1.54) is 6.07 Å². The Bertz CT molecular complexity index is 498. The lowest BCUT2D eigenvalue weighted by Crippen LogP contribution is -2.24. The minimum Gasteiger partial charge on any atom is -0.402 e. The predicted octanol–water partition coefficient (Wildman–Crippen LogP) is 4.40. The van der Waals surface area contributed by atoms with Crippen LogP contribution in [-0.2, 0) is 0 Å². The number of ether oxygens (including phenoxy) is 2. The van der Waals surface area contributed by atoms with Crippen molar-refractivity contribution in [2.24, 2.45) is 5.92 Å². The van der Waals surface area contributed by atoms with E-state index in [9.17, 15) is 26.3 Å². The Morgan fingerprint density at radius 2 is 1.41 bits per heavy atom. The highest BCUT2D eigenvalue weighted by Gasteiger charge is 2.37. The summed E-state index contributed by atoms with van der Waals surface area (Å²) in [4.78, 5) is 0. The van der Waals surface area contributed by atoms with Gasteiger partial charge in [-0.3, -0.25) is 0 Å². The maximum Gasteiger partial charge on any atom is 0.573 e. The standard InChI is InChI=1S/C13H15F6NO2/c1-7(2)11(20-3)8-4-5-9(21-12(14,15)16)10(6-8)22-13(17,18)19/h4-7,11,20H,1-3H3. The van der Waals surface area contributed by atoms with E-state index in [1.54, 1.807) is 7.05 Å². The van der Waals surface area contributed by atoms with Crippen molar-refractivity contribution < 1.29 is 35.8 Å². The Morgan fingerprint density at radius 3 is 1.82 bits per heavy atom. The third kappa shape index (κ3) is 5.63. The molecule has 0 amide bonds. The molecule has 1 aromatic rings. The van der Waals surface area contributed by atoms with Crippen molar-refractivity contribution in [1.29, 1.82) is 0 Å². The maximum absolute atomic E-state index is 12.4. The summed E-state index contributed by atoms with van der Waals surface area (Å²) in [6.45, 7) is 3.62. The highest BCUT2D eigenvalue weighted by Crippen LogP contribution is 2.38. The van der Waals surface area contributed by atoms with Gasteiger partial charge in [0, 0.05) is 6.04 Å². The van der Waals surface area contributed by atoms with Crippen LogP contribution in [0.4, 0.5) is 26.3 Å². The van der Waals surface area contributed by atoms with Gasteiger partial charge in [-0.05, 0) is 30.7 Å². The number of nitrogens with one attached hydrogen (secondary N) is 1. The lowest BCUT2D eigenvalue weighted by molar-refractivity contribution is -0.287. The average molecular weight is 331 g/mol. The van der Waals surface area contributed by atoms with Crippen LogP contribution in [-0.4, -0.2) is 19.8 Å². The van der Waals surface area contributed by atoms with Crippen LogP contribution >= 0.6 is 0 Å².